The van der Waals surface area contributed by atoms with Crippen molar-refractivity contribution in [3.63, 3.8) is 0 Å². The Morgan fingerprint density at radius 1 is 1.36 bits per heavy atom. The predicted octanol–water partition coefficient (Wildman–Crippen LogP) is 3.45. The maximum atomic E-state index is 10.5. The summed E-state index contributed by atoms with van der Waals surface area (Å²) in [5.74, 6) is -1.07. The number of carboxylic acid groups (broad SMARTS) is 1. The molecule has 0 aromatic heterocycles. The lowest BCUT2D eigenvalue weighted by molar-refractivity contribution is -0.137. The van der Waals surface area contributed by atoms with Crippen LogP contribution in [0.15, 0.2) is 24.3 Å². The minimum Gasteiger partial charge on any atom is -0.481 e. The Morgan fingerprint density at radius 3 is 2.43 bits per heavy atom. The standard InChI is InChI=1S/C9H7Cl3O2/c10-7-4-2-1-3-6(7)9(11,12)5-8(13)14/h1-4H,5H2,(H,13,14). The topological polar surface area (TPSA) is 37.3 Å². The molecule has 0 spiro atoms. The van der Waals surface area contributed by atoms with Gasteiger partial charge in [0.05, 0.1) is 6.42 Å². The lowest BCUT2D eigenvalue weighted by Gasteiger charge is -2.18. The second kappa shape index (κ2) is 4.39. The zero-order valence-electron chi connectivity index (χ0n) is 7.01. The molecule has 1 aromatic carbocycles. The molecule has 0 aliphatic carbocycles. The van der Waals surface area contributed by atoms with Crippen LogP contribution in [0.5, 0.6) is 0 Å². The Morgan fingerprint density at radius 2 is 1.93 bits per heavy atom. The van der Waals surface area contributed by atoms with E-state index in [9.17, 15) is 4.79 Å². The van der Waals surface area contributed by atoms with Crippen molar-refractivity contribution in [1.29, 1.82) is 0 Å². The highest BCUT2D eigenvalue weighted by atomic mass is 35.5. The monoisotopic (exact) mass is 252 g/mol. The van der Waals surface area contributed by atoms with Gasteiger partial charge in [-0.2, -0.15) is 0 Å². The lowest BCUT2D eigenvalue weighted by Crippen LogP contribution is -2.16. The highest BCUT2D eigenvalue weighted by Crippen LogP contribution is 2.40. The number of carboxylic acids is 1. The molecule has 14 heavy (non-hydrogen) atoms. The zero-order valence-corrected chi connectivity index (χ0v) is 9.27. The van der Waals surface area contributed by atoms with Gasteiger partial charge in [-0.25, -0.2) is 0 Å². The summed E-state index contributed by atoms with van der Waals surface area (Å²) in [5, 5.41) is 8.95. The van der Waals surface area contributed by atoms with Crippen molar-refractivity contribution in [1.82, 2.24) is 0 Å². The van der Waals surface area contributed by atoms with Gasteiger partial charge in [-0.1, -0.05) is 53.0 Å². The number of alkyl halides is 2. The molecule has 1 N–H and O–H groups in total. The second-order valence-electron chi connectivity index (χ2n) is 2.75. The molecule has 2 nitrogen and oxygen atoms in total. The molecule has 0 unspecified atom stereocenters. The van der Waals surface area contributed by atoms with Crippen molar-refractivity contribution in [2.24, 2.45) is 0 Å². The molecule has 76 valence electrons. The molecule has 0 heterocycles. The van der Waals surface area contributed by atoms with Gasteiger partial charge in [0, 0.05) is 10.6 Å². The van der Waals surface area contributed by atoms with E-state index in [1.807, 2.05) is 0 Å². The van der Waals surface area contributed by atoms with E-state index in [-0.39, 0.29) is 6.42 Å². The summed E-state index contributed by atoms with van der Waals surface area (Å²) in [6.07, 6.45) is -0.389. The summed E-state index contributed by atoms with van der Waals surface area (Å²) in [7, 11) is 0. The van der Waals surface area contributed by atoms with E-state index >= 15 is 0 Å². The molecule has 0 amide bonds. The Labute approximate surface area is 96.4 Å². The number of rotatable bonds is 3. The first kappa shape index (κ1) is 11.6. The predicted molar refractivity (Wildman–Crippen MR) is 57.1 cm³/mol. The molecule has 0 saturated carbocycles. The van der Waals surface area contributed by atoms with E-state index in [0.29, 0.717) is 10.6 Å². The molecule has 5 heteroatoms. The van der Waals surface area contributed by atoms with Crippen LogP contribution in [0.4, 0.5) is 0 Å². The van der Waals surface area contributed by atoms with E-state index in [0.717, 1.165) is 0 Å². The van der Waals surface area contributed by atoms with Gasteiger partial charge in [-0.05, 0) is 6.07 Å². The van der Waals surface area contributed by atoms with Crippen molar-refractivity contribution in [3.05, 3.63) is 34.9 Å². The molecular weight excluding hydrogens is 246 g/mol. The van der Waals surface area contributed by atoms with Crippen LogP contribution in [0, 0.1) is 0 Å². The van der Waals surface area contributed by atoms with Gasteiger partial charge in [-0.15, -0.1) is 0 Å². The van der Waals surface area contributed by atoms with Gasteiger partial charge in [-0.3, -0.25) is 4.79 Å². The second-order valence-corrected chi connectivity index (χ2v) is 4.65. The number of aliphatic carboxylic acids is 1. The van der Waals surface area contributed by atoms with Crippen LogP contribution >= 0.6 is 34.8 Å². The third-order valence-electron chi connectivity index (χ3n) is 1.64. The van der Waals surface area contributed by atoms with Crippen LogP contribution < -0.4 is 0 Å². The van der Waals surface area contributed by atoms with Crippen LogP contribution in [0.1, 0.15) is 12.0 Å². The van der Waals surface area contributed by atoms with Crippen LogP contribution in [-0.2, 0) is 9.13 Å². The van der Waals surface area contributed by atoms with Crippen molar-refractivity contribution in [2.45, 2.75) is 10.8 Å². The largest absolute Gasteiger partial charge is 0.481 e. The fourth-order valence-corrected chi connectivity index (χ4v) is 1.99. The smallest absolute Gasteiger partial charge is 0.306 e. The molecule has 0 saturated heterocycles. The van der Waals surface area contributed by atoms with E-state index < -0.39 is 10.3 Å². The van der Waals surface area contributed by atoms with Crippen molar-refractivity contribution >= 4 is 40.8 Å². The molecule has 0 radical (unpaired) electrons. The summed E-state index contributed by atoms with van der Waals surface area (Å²) in [4.78, 5) is 10.5. The fraction of sp³-hybridized carbons (Fsp3) is 0.222. The summed E-state index contributed by atoms with van der Waals surface area (Å²) < 4.78 is -1.48. The summed E-state index contributed by atoms with van der Waals surface area (Å²) >= 11 is 17.6. The third kappa shape index (κ3) is 2.77. The first-order chi connectivity index (χ1) is 6.43. The van der Waals surface area contributed by atoms with Gasteiger partial charge in [0.2, 0.25) is 0 Å². The summed E-state index contributed by atoms with van der Waals surface area (Å²) in [6, 6.07) is 6.63. The maximum absolute atomic E-state index is 10.5. The fourth-order valence-electron chi connectivity index (χ4n) is 1.04. The van der Waals surface area contributed by atoms with E-state index in [2.05, 4.69) is 0 Å². The highest BCUT2D eigenvalue weighted by Gasteiger charge is 2.31. The first-order valence-corrected chi connectivity index (χ1v) is 4.91. The van der Waals surface area contributed by atoms with E-state index in [1.54, 1.807) is 24.3 Å². The zero-order chi connectivity index (χ0) is 10.8. The quantitative estimate of drug-likeness (QED) is 0.838. The molecule has 0 atom stereocenters. The molecule has 0 bridgehead atoms. The van der Waals surface area contributed by atoms with Crippen molar-refractivity contribution < 1.29 is 9.90 Å². The molecular formula is C9H7Cl3O2. The number of hydrogen-bond acceptors (Lipinski definition) is 1. The van der Waals surface area contributed by atoms with Crippen molar-refractivity contribution in [2.75, 3.05) is 0 Å². The highest BCUT2D eigenvalue weighted by molar-refractivity contribution is 6.49. The number of hydrogen-bond donors (Lipinski definition) is 1. The Bertz CT molecular complexity index is 350. The van der Waals surface area contributed by atoms with Crippen LogP contribution in [-0.4, -0.2) is 11.1 Å². The molecule has 0 fully saturated rings. The van der Waals surface area contributed by atoms with Crippen LogP contribution in [0.2, 0.25) is 5.02 Å². The van der Waals surface area contributed by atoms with Gasteiger partial charge in [0.25, 0.3) is 0 Å². The normalized spacial score (nSPS) is 11.4. The van der Waals surface area contributed by atoms with Gasteiger partial charge >= 0.3 is 5.97 Å². The van der Waals surface area contributed by atoms with Crippen LogP contribution in [0.25, 0.3) is 0 Å². The molecule has 1 aromatic rings. The molecule has 0 aliphatic heterocycles. The van der Waals surface area contributed by atoms with Gasteiger partial charge in [0.15, 0.2) is 4.33 Å². The minimum absolute atomic E-state index is 0.360. The third-order valence-corrected chi connectivity index (χ3v) is 2.65. The average molecular weight is 254 g/mol. The first-order valence-electron chi connectivity index (χ1n) is 3.78. The number of halogens is 3. The maximum Gasteiger partial charge on any atom is 0.306 e. The lowest BCUT2D eigenvalue weighted by atomic mass is 10.1. The van der Waals surface area contributed by atoms with E-state index in [1.165, 1.54) is 0 Å². The van der Waals surface area contributed by atoms with Crippen molar-refractivity contribution in [3.8, 4) is 0 Å². The van der Waals surface area contributed by atoms with E-state index in [4.69, 9.17) is 39.9 Å². The Kier molecular flexibility index (Phi) is 3.65. The van der Waals surface area contributed by atoms with Crippen LogP contribution in [0.3, 0.4) is 0 Å². The number of carbonyl (C=O) groups is 1. The molecule has 0 aliphatic rings. The van der Waals surface area contributed by atoms with Gasteiger partial charge in [0.1, 0.15) is 0 Å². The van der Waals surface area contributed by atoms with Gasteiger partial charge < -0.3 is 5.11 Å². The number of benzene rings is 1. The summed E-state index contributed by atoms with van der Waals surface area (Å²) in [6.45, 7) is 0. The minimum atomic E-state index is -1.48. The summed E-state index contributed by atoms with van der Waals surface area (Å²) in [5.41, 5.74) is 0.410. The Hall–Kier alpha value is -0.440. The average Bonchev–Trinajstić information content (AvgIpc) is 2.02. The molecule has 1 rings (SSSR count). The Balaban J connectivity index is 3.03. The SMILES string of the molecule is O=C(O)CC(Cl)(Cl)c1ccccc1Cl.